The van der Waals surface area contributed by atoms with Crippen LogP contribution in [0.4, 0.5) is 0 Å². The second kappa shape index (κ2) is 10.9. The number of aliphatic carboxylic acids is 1. The lowest BCUT2D eigenvalue weighted by molar-refractivity contribution is -0.138. The molecule has 0 aromatic heterocycles. The smallest absolute Gasteiger partial charge is 0.320 e. The molecule has 0 rings (SSSR count). The number of carboxylic acid groups (broad SMARTS) is 1. The first kappa shape index (κ1) is 17.8. The monoisotopic (exact) mass is 245 g/mol. The summed E-state index contributed by atoms with van der Waals surface area (Å²) in [5, 5.41) is 8.39. The summed E-state index contributed by atoms with van der Waals surface area (Å²) in [5.41, 5.74) is 5.21. The maximum absolute atomic E-state index is 10.5. The number of ketones is 2. The van der Waals surface area contributed by atoms with Crippen molar-refractivity contribution in [1.29, 1.82) is 0 Å². The molecule has 0 spiro atoms. The first-order valence-electron chi connectivity index (χ1n) is 5.24. The Bertz CT molecular complexity index is 271. The van der Waals surface area contributed by atoms with Crippen molar-refractivity contribution in [2.45, 2.75) is 45.6 Å². The third-order valence-electron chi connectivity index (χ3n) is 1.64. The van der Waals surface area contributed by atoms with Crippen LogP contribution < -0.4 is 5.73 Å². The number of unbranched alkanes of at least 4 members (excludes halogenated alkanes) is 1. The van der Waals surface area contributed by atoms with Gasteiger partial charge in [-0.1, -0.05) is 6.42 Å². The highest BCUT2D eigenvalue weighted by Gasteiger charge is 2.10. The maximum atomic E-state index is 10.5. The van der Waals surface area contributed by atoms with Crippen LogP contribution >= 0.6 is 0 Å². The predicted molar refractivity (Wildman–Crippen MR) is 61.5 cm³/mol. The highest BCUT2D eigenvalue weighted by molar-refractivity contribution is 6.24. The van der Waals surface area contributed by atoms with Gasteiger partial charge in [-0.2, -0.15) is 0 Å². The van der Waals surface area contributed by atoms with Crippen LogP contribution in [0, 0.1) is 0 Å². The third-order valence-corrected chi connectivity index (χ3v) is 1.64. The van der Waals surface area contributed by atoms with E-state index < -0.39 is 17.8 Å². The first-order valence-corrected chi connectivity index (χ1v) is 5.24. The Kier molecular flexibility index (Phi) is 11.5. The van der Waals surface area contributed by atoms with Crippen LogP contribution in [0.15, 0.2) is 0 Å². The van der Waals surface area contributed by atoms with E-state index in [1.807, 2.05) is 0 Å². The molecule has 0 aliphatic heterocycles. The zero-order chi connectivity index (χ0) is 13.8. The lowest BCUT2D eigenvalue weighted by Gasteiger charge is -2.03. The summed E-state index contributed by atoms with van der Waals surface area (Å²) in [4.78, 5) is 40.0. The van der Waals surface area contributed by atoms with Gasteiger partial charge < -0.3 is 15.6 Å². The Morgan fingerprint density at radius 1 is 1.24 bits per heavy atom. The summed E-state index contributed by atoms with van der Waals surface area (Å²) < 4.78 is 0. The number of rotatable bonds is 7. The standard InChI is InChI=1S/C8H13NO4.C3H6O/c9-7(8(12)13)4-2-1-3-6(11)5-10;1-3(2)4/h5,7H,1-4,9H2,(H,12,13);1-2H3. The van der Waals surface area contributed by atoms with Crippen LogP contribution in [0.3, 0.4) is 0 Å². The number of carboxylic acids is 1. The minimum Gasteiger partial charge on any atom is -0.480 e. The molecule has 0 bridgehead atoms. The number of nitrogens with two attached hydrogens (primary N) is 1. The van der Waals surface area contributed by atoms with E-state index >= 15 is 0 Å². The molecule has 0 aliphatic rings. The molecule has 0 saturated heterocycles. The van der Waals surface area contributed by atoms with Gasteiger partial charge in [-0.3, -0.25) is 14.4 Å². The van der Waals surface area contributed by atoms with Gasteiger partial charge in [-0.25, -0.2) is 0 Å². The van der Waals surface area contributed by atoms with Gasteiger partial charge in [0.15, 0.2) is 12.1 Å². The average molecular weight is 245 g/mol. The fourth-order valence-electron chi connectivity index (χ4n) is 0.846. The van der Waals surface area contributed by atoms with Crippen molar-refractivity contribution in [2.75, 3.05) is 0 Å². The fourth-order valence-corrected chi connectivity index (χ4v) is 0.846. The lowest BCUT2D eigenvalue weighted by atomic mass is 10.1. The first-order chi connectivity index (χ1) is 7.81. The van der Waals surface area contributed by atoms with Crippen molar-refractivity contribution >= 4 is 23.8 Å². The molecule has 0 saturated carbocycles. The van der Waals surface area contributed by atoms with Crippen molar-refractivity contribution < 1.29 is 24.3 Å². The van der Waals surface area contributed by atoms with E-state index in [4.69, 9.17) is 10.8 Å². The van der Waals surface area contributed by atoms with Crippen molar-refractivity contribution in [1.82, 2.24) is 0 Å². The number of aldehydes is 1. The second-order valence-corrected chi connectivity index (χ2v) is 3.68. The van der Waals surface area contributed by atoms with E-state index in [9.17, 15) is 19.2 Å². The SMILES string of the molecule is CC(C)=O.NC(CCCCC(=O)C=O)C(=O)O. The number of hydrogen-bond donors (Lipinski definition) is 2. The molecular formula is C11H19NO5. The summed E-state index contributed by atoms with van der Waals surface area (Å²) >= 11 is 0. The van der Waals surface area contributed by atoms with Crippen molar-refractivity contribution in [3.05, 3.63) is 0 Å². The maximum Gasteiger partial charge on any atom is 0.320 e. The van der Waals surface area contributed by atoms with E-state index in [1.54, 1.807) is 0 Å². The van der Waals surface area contributed by atoms with Crippen LogP contribution in [0.1, 0.15) is 39.5 Å². The zero-order valence-electron chi connectivity index (χ0n) is 10.1. The van der Waals surface area contributed by atoms with Gasteiger partial charge >= 0.3 is 5.97 Å². The Labute approximate surface area is 100 Å². The summed E-state index contributed by atoms with van der Waals surface area (Å²) in [5.74, 6) is -1.33. The molecule has 6 heteroatoms. The van der Waals surface area contributed by atoms with Crippen LogP contribution in [0.2, 0.25) is 0 Å². The van der Waals surface area contributed by atoms with Crippen LogP contribution in [0.5, 0.6) is 0 Å². The summed E-state index contributed by atoms with van der Waals surface area (Å²) in [6.45, 7) is 3.06. The van der Waals surface area contributed by atoms with Crippen molar-refractivity contribution in [3.63, 3.8) is 0 Å². The predicted octanol–water partition coefficient (Wildman–Crippen LogP) is 0.322. The largest absolute Gasteiger partial charge is 0.480 e. The van der Waals surface area contributed by atoms with E-state index in [-0.39, 0.29) is 18.5 Å². The van der Waals surface area contributed by atoms with E-state index in [0.29, 0.717) is 19.3 Å². The fraction of sp³-hybridized carbons (Fsp3) is 0.636. The summed E-state index contributed by atoms with van der Waals surface area (Å²) in [7, 11) is 0. The molecule has 3 N–H and O–H groups in total. The Hall–Kier alpha value is -1.56. The van der Waals surface area contributed by atoms with Crippen molar-refractivity contribution in [2.24, 2.45) is 5.73 Å². The van der Waals surface area contributed by atoms with Gasteiger partial charge in [0, 0.05) is 6.42 Å². The molecule has 98 valence electrons. The van der Waals surface area contributed by atoms with E-state index in [0.717, 1.165) is 0 Å². The third kappa shape index (κ3) is 17.1. The molecule has 0 aromatic rings. The lowest BCUT2D eigenvalue weighted by Crippen LogP contribution is -2.29. The van der Waals surface area contributed by atoms with E-state index in [2.05, 4.69) is 0 Å². The van der Waals surface area contributed by atoms with Crippen LogP contribution in [-0.4, -0.2) is 35.0 Å². The zero-order valence-corrected chi connectivity index (χ0v) is 10.1. The average Bonchev–Trinajstić information content (AvgIpc) is 2.22. The molecular weight excluding hydrogens is 226 g/mol. The number of carbonyl (C=O) groups excluding carboxylic acids is 3. The van der Waals surface area contributed by atoms with Gasteiger partial charge in [-0.05, 0) is 26.7 Å². The van der Waals surface area contributed by atoms with Crippen molar-refractivity contribution in [3.8, 4) is 0 Å². The molecule has 0 radical (unpaired) electrons. The Balaban J connectivity index is 0. The Morgan fingerprint density at radius 3 is 2.06 bits per heavy atom. The minimum absolute atomic E-state index is 0.167. The molecule has 0 aromatic carbocycles. The molecule has 0 amide bonds. The van der Waals surface area contributed by atoms with E-state index in [1.165, 1.54) is 13.8 Å². The minimum atomic E-state index is -1.04. The molecule has 0 heterocycles. The van der Waals surface area contributed by atoms with Gasteiger partial charge in [0.05, 0.1) is 0 Å². The topological polar surface area (TPSA) is 115 Å². The summed E-state index contributed by atoms with van der Waals surface area (Å²) in [6.07, 6.45) is 1.85. The molecule has 17 heavy (non-hydrogen) atoms. The molecule has 0 fully saturated rings. The molecule has 0 aliphatic carbocycles. The van der Waals surface area contributed by atoms with Gasteiger partial charge in [0.1, 0.15) is 11.8 Å². The quantitative estimate of drug-likeness (QED) is 0.379. The van der Waals surface area contributed by atoms with Crippen LogP contribution in [-0.2, 0) is 19.2 Å². The second-order valence-electron chi connectivity index (χ2n) is 3.68. The highest BCUT2D eigenvalue weighted by atomic mass is 16.4. The van der Waals surface area contributed by atoms with Gasteiger partial charge in [0.2, 0.25) is 0 Å². The van der Waals surface area contributed by atoms with Gasteiger partial charge in [-0.15, -0.1) is 0 Å². The number of hydrogen-bond acceptors (Lipinski definition) is 5. The van der Waals surface area contributed by atoms with Crippen LogP contribution in [0.25, 0.3) is 0 Å². The molecule has 1 atom stereocenters. The molecule has 1 unspecified atom stereocenters. The number of carbonyl (C=O) groups is 4. The van der Waals surface area contributed by atoms with Gasteiger partial charge in [0.25, 0.3) is 0 Å². The Morgan fingerprint density at radius 2 is 1.71 bits per heavy atom. The highest BCUT2D eigenvalue weighted by Crippen LogP contribution is 2.02. The molecule has 6 nitrogen and oxygen atoms in total. The summed E-state index contributed by atoms with van der Waals surface area (Å²) in [6, 6.07) is -0.869. The number of Topliss-reactive ketones (excluding diaryl/α,β-unsaturated/α-hetero) is 2. The normalized spacial score (nSPS) is 10.8.